The van der Waals surface area contributed by atoms with Crippen LogP contribution in [0.4, 0.5) is 0 Å². The number of nitrogens with zero attached hydrogens (tertiary/aromatic N) is 2. The Morgan fingerprint density at radius 3 is 2.44 bits per heavy atom. The van der Waals surface area contributed by atoms with E-state index >= 15 is 0 Å². The standard InChI is InChI=1S/C27H38N4O/c1-4-5-11-21-14-16-25(24-13-7-6-12-23(21)24)32-22-15-17-26(28)30(18-22)27(29)31-19(2)9-8-10-20(31)3/h6-7,12-13,15,17-21,25,28-29H,4-5,8-11,14,16H2,1-3H3. The van der Waals surface area contributed by atoms with Crippen LogP contribution in [-0.2, 0) is 0 Å². The minimum Gasteiger partial charge on any atom is -0.484 e. The molecule has 2 heterocycles. The Kier molecular flexibility index (Phi) is 7.02. The number of ether oxygens (including phenoxy) is 1. The van der Waals surface area contributed by atoms with Gasteiger partial charge >= 0.3 is 0 Å². The molecule has 5 nitrogen and oxygen atoms in total. The lowest BCUT2D eigenvalue weighted by Crippen LogP contribution is -2.51. The fourth-order valence-corrected chi connectivity index (χ4v) is 5.57. The molecule has 1 aromatic carbocycles. The molecule has 0 bridgehead atoms. The summed E-state index contributed by atoms with van der Waals surface area (Å²) >= 11 is 0. The minimum atomic E-state index is 0.0242. The SMILES string of the molecule is CCCCC1CCC(Oc2ccc(=N)n(C(=N)N3C(C)CCCC3C)c2)c2ccccc21. The van der Waals surface area contributed by atoms with Crippen LogP contribution in [0.2, 0.25) is 0 Å². The van der Waals surface area contributed by atoms with Gasteiger partial charge in [-0.3, -0.25) is 15.4 Å². The van der Waals surface area contributed by atoms with Crippen molar-refractivity contribution in [3.8, 4) is 5.75 Å². The van der Waals surface area contributed by atoms with E-state index in [2.05, 4.69) is 49.9 Å². The lowest BCUT2D eigenvalue weighted by molar-refractivity contribution is 0.172. The Balaban J connectivity index is 1.57. The molecule has 1 aliphatic carbocycles. The molecule has 1 saturated heterocycles. The summed E-state index contributed by atoms with van der Waals surface area (Å²) in [7, 11) is 0. The number of nitrogens with one attached hydrogen (secondary N) is 2. The number of aromatic nitrogens is 1. The Hall–Kier alpha value is -2.56. The molecule has 4 atom stereocenters. The van der Waals surface area contributed by atoms with Crippen LogP contribution in [0.1, 0.15) is 95.3 Å². The first-order valence-electron chi connectivity index (χ1n) is 12.4. The highest BCUT2D eigenvalue weighted by Gasteiger charge is 2.29. The van der Waals surface area contributed by atoms with E-state index in [1.165, 1.54) is 36.8 Å². The molecule has 4 unspecified atom stereocenters. The molecule has 172 valence electrons. The summed E-state index contributed by atoms with van der Waals surface area (Å²) in [6, 6.07) is 13.0. The molecule has 5 heteroatoms. The average molecular weight is 435 g/mol. The van der Waals surface area contributed by atoms with Crippen LogP contribution < -0.4 is 10.2 Å². The van der Waals surface area contributed by atoms with Gasteiger partial charge in [0.1, 0.15) is 17.3 Å². The number of piperidine rings is 1. The Morgan fingerprint density at radius 2 is 1.72 bits per heavy atom. The maximum absolute atomic E-state index is 8.86. The van der Waals surface area contributed by atoms with Crippen molar-refractivity contribution in [2.24, 2.45) is 0 Å². The van der Waals surface area contributed by atoms with Gasteiger partial charge in [0, 0.05) is 12.1 Å². The topological polar surface area (TPSA) is 65.1 Å². The lowest BCUT2D eigenvalue weighted by atomic mass is 9.79. The van der Waals surface area contributed by atoms with E-state index in [1.807, 2.05) is 12.3 Å². The third-order valence-corrected chi connectivity index (χ3v) is 7.33. The van der Waals surface area contributed by atoms with E-state index < -0.39 is 0 Å². The third kappa shape index (κ3) is 4.62. The second kappa shape index (κ2) is 9.93. The minimum absolute atomic E-state index is 0.0242. The zero-order chi connectivity index (χ0) is 22.7. The molecule has 1 aliphatic heterocycles. The van der Waals surface area contributed by atoms with Crippen LogP contribution in [0.3, 0.4) is 0 Å². The monoisotopic (exact) mass is 434 g/mol. The summed E-state index contributed by atoms with van der Waals surface area (Å²) in [6.45, 7) is 6.63. The summed E-state index contributed by atoms with van der Waals surface area (Å²) in [5.74, 6) is 1.74. The highest BCUT2D eigenvalue weighted by atomic mass is 16.5. The van der Waals surface area contributed by atoms with Gasteiger partial charge in [-0.05, 0) is 81.5 Å². The third-order valence-electron chi connectivity index (χ3n) is 7.33. The van der Waals surface area contributed by atoms with Gasteiger partial charge in [-0.15, -0.1) is 0 Å². The van der Waals surface area contributed by atoms with Crippen LogP contribution in [0, 0.1) is 10.8 Å². The first-order valence-corrected chi connectivity index (χ1v) is 12.4. The molecule has 2 aromatic rings. The van der Waals surface area contributed by atoms with E-state index in [9.17, 15) is 0 Å². The van der Waals surface area contributed by atoms with Crippen LogP contribution in [0.15, 0.2) is 42.6 Å². The number of likely N-dealkylation sites (tertiary alicyclic amines) is 1. The normalized spacial score (nSPS) is 25.3. The summed E-state index contributed by atoms with van der Waals surface area (Å²) in [5.41, 5.74) is 3.05. The highest BCUT2D eigenvalue weighted by Crippen LogP contribution is 2.41. The van der Waals surface area contributed by atoms with Crippen molar-refractivity contribution < 1.29 is 4.74 Å². The fraction of sp³-hybridized carbons (Fsp3) is 0.556. The maximum Gasteiger partial charge on any atom is 0.204 e. The van der Waals surface area contributed by atoms with Gasteiger partial charge in [-0.2, -0.15) is 0 Å². The van der Waals surface area contributed by atoms with Crippen molar-refractivity contribution in [1.82, 2.24) is 9.47 Å². The summed E-state index contributed by atoms with van der Waals surface area (Å²) in [6.07, 6.45) is 11.2. The molecule has 0 amide bonds. The zero-order valence-corrected chi connectivity index (χ0v) is 19.8. The highest BCUT2D eigenvalue weighted by molar-refractivity contribution is 5.80. The predicted molar refractivity (Wildman–Crippen MR) is 129 cm³/mol. The first-order chi connectivity index (χ1) is 15.5. The Bertz CT molecular complexity index is 987. The fourth-order valence-electron chi connectivity index (χ4n) is 5.57. The maximum atomic E-state index is 8.86. The molecule has 0 radical (unpaired) electrons. The van der Waals surface area contributed by atoms with Crippen molar-refractivity contribution in [2.75, 3.05) is 0 Å². The number of hydrogen-bond acceptors (Lipinski definition) is 3. The second-order valence-corrected chi connectivity index (χ2v) is 9.63. The van der Waals surface area contributed by atoms with Crippen molar-refractivity contribution in [3.63, 3.8) is 0 Å². The quantitative estimate of drug-likeness (QED) is 0.434. The van der Waals surface area contributed by atoms with Crippen molar-refractivity contribution >= 4 is 5.96 Å². The molecule has 0 saturated carbocycles. The number of unbranched alkanes of at least 4 members (excludes halogenated alkanes) is 1. The molecular weight excluding hydrogens is 396 g/mol. The Labute approximate surface area is 192 Å². The lowest BCUT2D eigenvalue weighted by Gasteiger charge is -2.41. The number of pyridine rings is 1. The van der Waals surface area contributed by atoms with Gasteiger partial charge in [-0.1, -0.05) is 44.0 Å². The largest absolute Gasteiger partial charge is 0.484 e. The summed E-state index contributed by atoms with van der Waals surface area (Å²) < 4.78 is 8.18. The van der Waals surface area contributed by atoms with Gasteiger partial charge in [0.15, 0.2) is 0 Å². The van der Waals surface area contributed by atoms with E-state index in [0.29, 0.717) is 29.4 Å². The molecule has 2 N–H and O–H groups in total. The van der Waals surface area contributed by atoms with Crippen LogP contribution in [0.25, 0.3) is 0 Å². The molecule has 32 heavy (non-hydrogen) atoms. The van der Waals surface area contributed by atoms with Crippen molar-refractivity contribution in [3.05, 3.63) is 59.2 Å². The van der Waals surface area contributed by atoms with Gasteiger partial charge in [0.25, 0.3) is 0 Å². The molecule has 1 aromatic heterocycles. The van der Waals surface area contributed by atoms with Crippen LogP contribution in [0.5, 0.6) is 5.75 Å². The van der Waals surface area contributed by atoms with Gasteiger partial charge in [-0.25, -0.2) is 0 Å². The first kappa shape index (κ1) is 22.6. The molecule has 2 aliphatic rings. The van der Waals surface area contributed by atoms with E-state index in [4.69, 9.17) is 15.6 Å². The number of benzene rings is 1. The number of rotatable bonds is 5. The van der Waals surface area contributed by atoms with Crippen LogP contribution >= 0.6 is 0 Å². The second-order valence-electron chi connectivity index (χ2n) is 9.63. The molecule has 1 fully saturated rings. The van der Waals surface area contributed by atoms with Gasteiger partial charge in [0.05, 0.1) is 6.20 Å². The van der Waals surface area contributed by atoms with Crippen molar-refractivity contribution in [1.29, 1.82) is 10.8 Å². The van der Waals surface area contributed by atoms with Crippen molar-refractivity contribution in [2.45, 2.75) is 96.2 Å². The molecule has 4 rings (SSSR count). The summed E-state index contributed by atoms with van der Waals surface area (Å²) in [5, 5.41) is 17.3. The van der Waals surface area contributed by atoms with Gasteiger partial charge < -0.3 is 9.64 Å². The van der Waals surface area contributed by atoms with E-state index in [-0.39, 0.29) is 6.10 Å². The molecule has 0 spiro atoms. The Morgan fingerprint density at radius 1 is 1.00 bits per heavy atom. The van der Waals surface area contributed by atoms with Crippen LogP contribution in [-0.4, -0.2) is 27.5 Å². The number of fused-ring (bicyclic) bond motifs is 1. The predicted octanol–water partition coefficient (Wildman–Crippen LogP) is 6.20. The summed E-state index contributed by atoms with van der Waals surface area (Å²) in [4.78, 5) is 2.15. The zero-order valence-electron chi connectivity index (χ0n) is 19.8. The van der Waals surface area contributed by atoms with E-state index in [1.54, 1.807) is 10.6 Å². The number of hydrogen-bond donors (Lipinski definition) is 2. The average Bonchev–Trinajstić information content (AvgIpc) is 2.79. The molecular formula is C27H38N4O. The smallest absolute Gasteiger partial charge is 0.204 e. The van der Waals surface area contributed by atoms with E-state index in [0.717, 1.165) is 31.4 Å². The van der Waals surface area contributed by atoms with Gasteiger partial charge in [0.2, 0.25) is 5.96 Å².